The minimum atomic E-state index is -0.751. The van der Waals surface area contributed by atoms with Gasteiger partial charge in [0, 0.05) is 18.8 Å². The van der Waals surface area contributed by atoms with Gasteiger partial charge in [-0.15, -0.1) is 0 Å². The van der Waals surface area contributed by atoms with Crippen molar-refractivity contribution in [1.82, 2.24) is 0 Å². The number of ketones is 1. The molecule has 1 unspecified atom stereocenters. The summed E-state index contributed by atoms with van der Waals surface area (Å²) in [6.45, 7) is 1.01. The van der Waals surface area contributed by atoms with Gasteiger partial charge in [0.25, 0.3) is 0 Å². The monoisotopic (exact) mass is 375 g/mol. The van der Waals surface area contributed by atoms with Gasteiger partial charge in [0.2, 0.25) is 0 Å². The van der Waals surface area contributed by atoms with Crippen molar-refractivity contribution >= 4 is 29.2 Å². The zero-order valence-electron chi connectivity index (χ0n) is 14.6. The zero-order valence-corrected chi connectivity index (χ0v) is 14.6. The van der Waals surface area contributed by atoms with Crippen LogP contribution < -0.4 is 14.9 Å². The normalized spacial score (nSPS) is 20.6. The van der Waals surface area contributed by atoms with Gasteiger partial charge in [0.15, 0.2) is 11.9 Å². The molecule has 1 fully saturated rings. The van der Waals surface area contributed by atoms with Crippen LogP contribution in [0.25, 0.3) is 0 Å². The fraction of sp³-hybridized carbons (Fsp3) is 0.278. The molecular formula is C18H18FN3O5. The number of nitrogens with zero attached hydrogens (tertiary/aromatic N) is 2. The smallest absolute Gasteiger partial charge is 0.414 e. The Balaban J connectivity index is 1.75. The van der Waals surface area contributed by atoms with E-state index in [-0.39, 0.29) is 36.7 Å². The minimum Gasteiger partial charge on any atom is -0.627 e. The highest BCUT2D eigenvalue weighted by Gasteiger charge is 2.35. The van der Waals surface area contributed by atoms with Crippen LogP contribution >= 0.6 is 0 Å². The van der Waals surface area contributed by atoms with E-state index in [0.717, 1.165) is 6.92 Å². The fourth-order valence-electron chi connectivity index (χ4n) is 2.79. The molecule has 0 aliphatic carbocycles. The first-order chi connectivity index (χ1) is 12.8. The highest BCUT2D eigenvalue weighted by atomic mass is 19.1. The summed E-state index contributed by atoms with van der Waals surface area (Å²) in [5, 5.41) is 10.9. The second kappa shape index (κ2) is 7.68. The van der Waals surface area contributed by atoms with Crippen LogP contribution in [-0.2, 0) is 14.3 Å². The highest BCUT2D eigenvalue weighted by Crippen LogP contribution is 2.28. The SMILES string of the molecule is CC(=O)[NH+]([O-])C[C@@H]1CN(c2ccc(N3C=CCC(=O)C=C3)c(F)c2)C(=O)O1. The van der Waals surface area contributed by atoms with Crippen molar-refractivity contribution in [3.63, 3.8) is 0 Å². The standard InChI is InChI=1S/C18H18FN3O5/c1-12(23)22(26)11-15-10-21(18(25)27-15)13-4-5-17(16(19)9-13)20-7-2-3-14(24)6-8-20/h2,4-9,15,22H,3,10-11H2,1H3/t15-/m0/s1. The largest absolute Gasteiger partial charge is 0.627 e. The van der Waals surface area contributed by atoms with E-state index in [1.54, 1.807) is 18.3 Å². The molecule has 0 saturated carbocycles. The molecule has 1 N–H and O–H groups in total. The second-order valence-electron chi connectivity index (χ2n) is 6.21. The first-order valence-corrected chi connectivity index (χ1v) is 8.32. The number of carbonyl (C=O) groups excluding carboxylic acids is 3. The van der Waals surface area contributed by atoms with Crippen LogP contribution in [0.3, 0.4) is 0 Å². The number of hydrogen-bond donors (Lipinski definition) is 1. The summed E-state index contributed by atoms with van der Waals surface area (Å²) in [6.07, 6.45) is 4.84. The third-order valence-corrected chi connectivity index (χ3v) is 4.21. The Kier molecular flexibility index (Phi) is 5.33. The molecular weight excluding hydrogens is 357 g/mol. The molecule has 1 saturated heterocycles. The van der Waals surface area contributed by atoms with E-state index in [4.69, 9.17) is 4.74 Å². The van der Waals surface area contributed by atoms with Crippen LogP contribution in [0.15, 0.2) is 42.8 Å². The molecule has 0 aromatic heterocycles. The van der Waals surface area contributed by atoms with Gasteiger partial charge in [-0.1, -0.05) is 6.08 Å². The minimum absolute atomic E-state index is 0.0503. The number of cyclic esters (lactones) is 1. The van der Waals surface area contributed by atoms with E-state index >= 15 is 0 Å². The molecule has 2 aliphatic heterocycles. The number of hydroxylamine groups is 2. The number of ether oxygens (including phenoxy) is 1. The Morgan fingerprint density at radius 2 is 2.15 bits per heavy atom. The van der Waals surface area contributed by atoms with Gasteiger partial charge in [0.1, 0.15) is 12.4 Å². The maximum Gasteiger partial charge on any atom is 0.414 e. The number of nitrogens with one attached hydrogen (secondary N) is 1. The summed E-state index contributed by atoms with van der Waals surface area (Å²) in [5.41, 5.74) is 0.495. The Bertz CT molecular complexity index is 838. The van der Waals surface area contributed by atoms with Crippen LogP contribution in [0.2, 0.25) is 0 Å². The van der Waals surface area contributed by atoms with Crippen LogP contribution in [-0.4, -0.2) is 37.0 Å². The van der Waals surface area contributed by atoms with Crippen LogP contribution in [0, 0.1) is 11.0 Å². The Hall–Kier alpha value is -3.04. The van der Waals surface area contributed by atoms with Gasteiger partial charge in [-0.3, -0.25) is 9.69 Å². The molecule has 8 nitrogen and oxygen atoms in total. The van der Waals surface area contributed by atoms with Gasteiger partial charge >= 0.3 is 12.0 Å². The van der Waals surface area contributed by atoms with Gasteiger partial charge in [-0.2, -0.15) is 0 Å². The van der Waals surface area contributed by atoms with Gasteiger partial charge < -0.3 is 19.9 Å². The summed E-state index contributed by atoms with van der Waals surface area (Å²) in [5.74, 6) is -1.28. The average molecular weight is 375 g/mol. The Morgan fingerprint density at radius 1 is 1.37 bits per heavy atom. The average Bonchev–Trinajstić information content (AvgIpc) is 2.83. The van der Waals surface area contributed by atoms with E-state index in [9.17, 15) is 24.0 Å². The van der Waals surface area contributed by atoms with Crippen molar-refractivity contribution in [2.24, 2.45) is 0 Å². The molecule has 2 heterocycles. The number of quaternary nitrogens is 1. The lowest BCUT2D eigenvalue weighted by Gasteiger charge is -2.20. The first kappa shape index (κ1) is 18.7. The van der Waals surface area contributed by atoms with E-state index in [0.29, 0.717) is 0 Å². The van der Waals surface area contributed by atoms with E-state index < -0.39 is 29.0 Å². The lowest BCUT2D eigenvalue weighted by atomic mass is 10.2. The molecule has 0 spiro atoms. The zero-order chi connectivity index (χ0) is 19.6. The topological polar surface area (TPSA) is 94.4 Å². The molecule has 3 rings (SSSR count). The fourth-order valence-corrected chi connectivity index (χ4v) is 2.79. The summed E-state index contributed by atoms with van der Waals surface area (Å²) in [6, 6.07) is 4.21. The summed E-state index contributed by atoms with van der Waals surface area (Å²) in [7, 11) is 0. The Morgan fingerprint density at radius 3 is 2.85 bits per heavy atom. The van der Waals surface area contributed by atoms with E-state index in [1.807, 2.05) is 0 Å². The number of benzene rings is 1. The number of hydrogen-bond acceptors (Lipinski definition) is 6. The summed E-state index contributed by atoms with van der Waals surface area (Å²) in [4.78, 5) is 37.2. The number of anilines is 2. The Labute approximate surface area is 154 Å². The van der Waals surface area contributed by atoms with Crippen molar-refractivity contribution < 1.29 is 28.6 Å². The maximum absolute atomic E-state index is 14.6. The molecule has 1 aromatic carbocycles. The number of halogens is 1. The van der Waals surface area contributed by atoms with Crippen molar-refractivity contribution in [3.05, 3.63) is 53.8 Å². The molecule has 142 valence electrons. The molecule has 27 heavy (non-hydrogen) atoms. The molecule has 2 atom stereocenters. The van der Waals surface area contributed by atoms with Crippen LogP contribution in [0.5, 0.6) is 0 Å². The summed E-state index contributed by atoms with van der Waals surface area (Å²) < 4.78 is 19.7. The van der Waals surface area contributed by atoms with E-state index in [2.05, 4.69) is 0 Å². The van der Waals surface area contributed by atoms with Gasteiger partial charge in [0.05, 0.1) is 24.8 Å². The van der Waals surface area contributed by atoms with Gasteiger partial charge in [-0.05, 0) is 24.3 Å². The highest BCUT2D eigenvalue weighted by molar-refractivity contribution is 5.92. The predicted octanol–water partition coefficient (Wildman–Crippen LogP) is 0.887. The quantitative estimate of drug-likeness (QED) is 0.786. The first-order valence-electron chi connectivity index (χ1n) is 8.32. The predicted molar refractivity (Wildman–Crippen MR) is 94.3 cm³/mol. The lowest BCUT2D eigenvalue weighted by Crippen LogP contribution is -3.10. The summed E-state index contributed by atoms with van der Waals surface area (Å²) >= 11 is 0. The molecule has 9 heteroatoms. The van der Waals surface area contributed by atoms with Gasteiger partial charge in [-0.25, -0.2) is 14.0 Å². The molecule has 0 bridgehead atoms. The van der Waals surface area contributed by atoms with Crippen molar-refractivity contribution in [3.8, 4) is 0 Å². The maximum atomic E-state index is 14.6. The van der Waals surface area contributed by atoms with Crippen molar-refractivity contribution in [2.75, 3.05) is 22.9 Å². The van der Waals surface area contributed by atoms with Crippen molar-refractivity contribution in [2.45, 2.75) is 19.4 Å². The van der Waals surface area contributed by atoms with Crippen LogP contribution in [0.1, 0.15) is 13.3 Å². The second-order valence-corrected chi connectivity index (χ2v) is 6.21. The lowest BCUT2D eigenvalue weighted by molar-refractivity contribution is -0.768. The third kappa shape index (κ3) is 4.21. The van der Waals surface area contributed by atoms with Crippen LogP contribution in [0.4, 0.5) is 20.6 Å². The molecule has 2 aliphatic rings. The molecule has 0 radical (unpaired) electrons. The molecule has 1 aromatic rings. The van der Waals surface area contributed by atoms with E-state index in [1.165, 1.54) is 34.2 Å². The number of carbonyl (C=O) groups is 3. The molecule has 2 amide bonds. The third-order valence-electron chi connectivity index (χ3n) is 4.21. The number of rotatable bonds is 4. The van der Waals surface area contributed by atoms with Crippen molar-refractivity contribution in [1.29, 1.82) is 0 Å². The number of allylic oxidation sites excluding steroid dienone is 2. The number of amides is 2.